The first-order valence-corrected chi connectivity index (χ1v) is 7.21. The molecule has 1 aromatic carbocycles. The molecule has 1 fully saturated rings. The molecule has 0 radical (unpaired) electrons. The predicted octanol–water partition coefficient (Wildman–Crippen LogP) is 1.04. The molecule has 0 saturated carbocycles. The van der Waals surface area contributed by atoms with Gasteiger partial charge in [-0.15, -0.1) is 0 Å². The molecule has 0 spiro atoms. The molecule has 1 amide bonds. The van der Waals surface area contributed by atoms with E-state index in [1.54, 1.807) is 0 Å². The SMILES string of the molecule is Cc1ccc(C)c(OCC(=O)N2C[C@@H](O)C[C@@H]2C(=O)O)c1C. The summed E-state index contributed by atoms with van der Waals surface area (Å²) >= 11 is 0. The van der Waals surface area contributed by atoms with Gasteiger partial charge in [0.05, 0.1) is 6.10 Å². The van der Waals surface area contributed by atoms with E-state index in [0.29, 0.717) is 5.75 Å². The first-order valence-electron chi connectivity index (χ1n) is 7.21. The first kappa shape index (κ1) is 16.3. The van der Waals surface area contributed by atoms with E-state index in [1.807, 2.05) is 32.9 Å². The molecule has 0 aromatic heterocycles. The smallest absolute Gasteiger partial charge is 0.326 e. The van der Waals surface area contributed by atoms with Crippen molar-refractivity contribution in [3.05, 3.63) is 28.8 Å². The van der Waals surface area contributed by atoms with Crippen molar-refractivity contribution in [3.63, 3.8) is 0 Å². The van der Waals surface area contributed by atoms with E-state index in [4.69, 9.17) is 9.84 Å². The highest BCUT2D eigenvalue weighted by Gasteiger charge is 2.38. The van der Waals surface area contributed by atoms with Crippen LogP contribution in [0.25, 0.3) is 0 Å². The number of aliphatic carboxylic acids is 1. The van der Waals surface area contributed by atoms with Crippen LogP contribution in [-0.4, -0.2) is 52.3 Å². The number of aliphatic hydroxyl groups excluding tert-OH is 1. The number of rotatable bonds is 4. The Balaban J connectivity index is 2.07. The van der Waals surface area contributed by atoms with Crippen LogP contribution >= 0.6 is 0 Å². The summed E-state index contributed by atoms with van der Waals surface area (Å²) in [4.78, 5) is 24.5. The van der Waals surface area contributed by atoms with Gasteiger partial charge in [0.15, 0.2) is 6.61 Å². The molecule has 0 aliphatic carbocycles. The van der Waals surface area contributed by atoms with E-state index in [-0.39, 0.29) is 19.6 Å². The number of hydrogen-bond acceptors (Lipinski definition) is 4. The number of carboxylic acid groups (broad SMARTS) is 1. The lowest BCUT2D eigenvalue weighted by Crippen LogP contribution is -2.43. The van der Waals surface area contributed by atoms with E-state index in [1.165, 1.54) is 4.90 Å². The number of carbonyl (C=O) groups is 2. The number of nitrogens with zero attached hydrogens (tertiary/aromatic N) is 1. The molecule has 1 saturated heterocycles. The first-order chi connectivity index (χ1) is 10.3. The minimum absolute atomic E-state index is 0.0327. The highest BCUT2D eigenvalue weighted by Crippen LogP contribution is 2.26. The van der Waals surface area contributed by atoms with Crippen molar-refractivity contribution in [2.75, 3.05) is 13.2 Å². The Bertz CT molecular complexity index is 598. The summed E-state index contributed by atoms with van der Waals surface area (Å²) in [6.07, 6.45) is -0.740. The van der Waals surface area contributed by atoms with E-state index in [0.717, 1.165) is 16.7 Å². The summed E-state index contributed by atoms with van der Waals surface area (Å²) in [5, 5.41) is 18.7. The molecule has 2 rings (SSSR count). The molecule has 6 nitrogen and oxygen atoms in total. The van der Waals surface area contributed by atoms with Gasteiger partial charge in [-0.3, -0.25) is 4.79 Å². The van der Waals surface area contributed by atoms with Crippen LogP contribution in [0.15, 0.2) is 12.1 Å². The van der Waals surface area contributed by atoms with Crippen LogP contribution < -0.4 is 4.74 Å². The fraction of sp³-hybridized carbons (Fsp3) is 0.500. The van der Waals surface area contributed by atoms with Gasteiger partial charge in [0.25, 0.3) is 5.91 Å². The standard InChI is InChI=1S/C16H21NO5/c1-9-4-5-10(2)15(11(9)3)22-8-14(19)17-7-12(18)6-13(17)16(20)21/h4-5,12-13,18H,6-8H2,1-3H3,(H,20,21)/t12-,13+/m0/s1. The normalized spacial score (nSPS) is 21.0. The second-order valence-electron chi connectivity index (χ2n) is 5.73. The lowest BCUT2D eigenvalue weighted by molar-refractivity contribution is -0.149. The fourth-order valence-corrected chi connectivity index (χ4v) is 2.69. The van der Waals surface area contributed by atoms with Crippen LogP contribution in [0.3, 0.4) is 0 Å². The van der Waals surface area contributed by atoms with Gasteiger partial charge in [0.2, 0.25) is 0 Å². The van der Waals surface area contributed by atoms with Gasteiger partial charge in [-0.05, 0) is 37.5 Å². The number of β-amino-alcohol motifs (C(OH)–C–C–N with tert-alkyl or cyclic N) is 1. The van der Waals surface area contributed by atoms with E-state index < -0.39 is 24.0 Å². The third-order valence-corrected chi connectivity index (χ3v) is 4.10. The molecule has 1 heterocycles. The molecule has 1 aliphatic rings. The van der Waals surface area contributed by atoms with Crippen LogP contribution in [0.2, 0.25) is 0 Å². The van der Waals surface area contributed by atoms with Crippen molar-refractivity contribution in [1.82, 2.24) is 4.90 Å². The van der Waals surface area contributed by atoms with E-state index in [9.17, 15) is 14.7 Å². The number of benzene rings is 1. The number of aliphatic hydroxyl groups is 1. The number of amides is 1. The quantitative estimate of drug-likeness (QED) is 0.868. The van der Waals surface area contributed by atoms with Gasteiger partial charge < -0.3 is 19.8 Å². The zero-order chi connectivity index (χ0) is 16.4. The van der Waals surface area contributed by atoms with Crippen LogP contribution in [0.1, 0.15) is 23.1 Å². The van der Waals surface area contributed by atoms with E-state index >= 15 is 0 Å². The van der Waals surface area contributed by atoms with Gasteiger partial charge in [-0.2, -0.15) is 0 Å². The van der Waals surface area contributed by atoms with Crippen molar-refractivity contribution in [2.24, 2.45) is 0 Å². The molecular formula is C16H21NO5. The zero-order valence-corrected chi connectivity index (χ0v) is 13.0. The summed E-state index contributed by atoms with van der Waals surface area (Å²) in [5.41, 5.74) is 2.95. The maximum Gasteiger partial charge on any atom is 0.326 e. The summed E-state index contributed by atoms with van der Waals surface area (Å²) < 4.78 is 5.62. The number of aryl methyl sites for hydroxylation is 2. The second-order valence-corrected chi connectivity index (χ2v) is 5.73. The summed E-state index contributed by atoms with van der Waals surface area (Å²) in [6, 6.07) is 2.92. The van der Waals surface area contributed by atoms with Gasteiger partial charge in [0, 0.05) is 13.0 Å². The molecule has 6 heteroatoms. The minimum Gasteiger partial charge on any atom is -0.483 e. The molecule has 120 valence electrons. The monoisotopic (exact) mass is 307 g/mol. The number of ether oxygens (including phenoxy) is 1. The Morgan fingerprint density at radius 1 is 1.27 bits per heavy atom. The molecule has 1 aromatic rings. The summed E-state index contributed by atoms with van der Waals surface area (Å²) in [7, 11) is 0. The summed E-state index contributed by atoms with van der Waals surface area (Å²) in [5.74, 6) is -0.878. The maximum absolute atomic E-state index is 12.2. The van der Waals surface area contributed by atoms with Crippen LogP contribution in [-0.2, 0) is 9.59 Å². The van der Waals surface area contributed by atoms with Crippen molar-refractivity contribution in [2.45, 2.75) is 39.3 Å². The molecule has 2 N–H and O–H groups in total. The van der Waals surface area contributed by atoms with Crippen LogP contribution in [0, 0.1) is 20.8 Å². The largest absolute Gasteiger partial charge is 0.483 e. The fourth-order valence-electron chi connectivity index (χ4n) is 2.69. The molecule has 22 heavy (non-hydrogen) atoms. The summed E-state index contributed by atoms with van der Waals surface area (Å²) in [6.45, 7) is 5.57. The molecule has 1 aliphatic heterocycles. The van der Waals surface area contributed by atoms with Crippen molar-refractivity contribution >= 4 is 11.9 Å². The van der Waals surface area contributed by atoms with Crippen LogP contribution in [0.5, 0.6) is 5.75 Å². The lowest BCUT2D eigenvalue weighted by Gasteiger charge is -2.22. The Morgan fingerprint density at radius 2 is 1.91 bits per heavy atom. The number of likely N-dealkylation sites (tertiary alicyclic amines) is 1. The van der Waals surface area contributed by atoms with Gasteiger partial charge >= 0.3 is 5.97 Å². The Hall–Kier alpha value is -2.08. The van der Waals surface area contributed by atoms with Crippen molar-refractivity contribution < 1.29 is 24.5 Å². The zero-order valence-electron chi connectivity index (χ0n) is 13.0. The van der Waals surface area contributed by atoms with Gasteiger partial charge in [-0.1, -0.05) is 12.1 Å². The minimum atomic E-state index is -1.10. The van der Waals surface area contributed by atoms with Crippen molar-refractivity contribution in [1.29, 1.82) is 0 Å². The van der Waals surface area contributed by atoms with Gasteiger partial charge in [-0.25, -0.2) is 4.79 Å². The molecule has 2 atom stereocenters. The number of carbonyl (C=O) groups excluding carboxylic acids is 1. The number of hydrogen-bond donors (Lipinski definition) is 2. The average molecular weight is 307 g/mol. The van der Waals surface area contributed by atoms with E-state index in [2.05, 4.69) is 0 Å². The highest BCUT2D eigenvalue weighted by molar-refractivity contribution is 5.85. The molecule has 0 bridgehead atoms. The van der Waals surface area contributed by atoms with Crippen molar-refractivity contribution in [3.8, 4) is 5.75 Å². The molecular weight excluding hydrogens is 286 g/mol. The van der Waals surface area contributed by atoms with Gasteiger partial charge in [0.1, 0.15) is 11.8 Å². The third kappa shape index (κ3) is 3.22. The third-order valence-electron chi connectivity index (χ3n) is 4.10. The Labute approximate surface area is 129 Å². The predicted molar refractivity (Wildman–Crippen MR) is 79.9 cm³/mol. The topological polar surface area (TPSA) is 87.1 Å². The Morgan fingerprint density at radius 3 is 2.55 bits per heavy atom. The highest BCUT2D eigenvalue weighted by atomic mass is 16.5. The average Bonchev–Trinajstić information content (AvgIpc) is 2.85. The molecule has 0 unspecified atom stereocenters. The lowest BCUT2D eigenvalue weighted by atomic mass is 10.1. The van der Waals surface area contributed by atoms with Crippen LogP contribution in [0.4, 0.5) is 0 Å². The maximum atomic E-state index is 12.2. The second kappa shape index (κ2) is 6.36. The number of carboxylic acids is 1. The Kier molecular flexibility index (Phi) is 4.71.